The number of hydrogen-bond donors (Lipinski definition) is 0. The molecule has 0 spiro atoms. The highest BCUT2D eigenvalue weighted by molar-refractivity contribution is 6.22. The zero-order valence-corrected chi connectivity index (χ0v) is 14.9. The molecule has 1 aromatic carbocycles. The smallest absolute Gasteiger partial charge is 0.338 e. The molecule has 1 aromatic rings. The minimum atomic E-state index is -0.374. The van der Waals surface area contributed by atoms with Gasteiger partial charge < -0.3 is 4.74 Å². The summed E-state index contributed by atoms with van der Waals surface area (Å²) in [5.41, 5.74) is 0.979. The van der Waals surface area contributed by atoms with Gasteiger partial charge in [-0.2, -0.15) is 0 Å². The van der Waals surface area contributed by atoms with Crippen molar-refractivity contribution < 1.29 is 19.1 Å². The van der Waals surface area contributed by atoms with Crippen molar-refractivity contribution in [1.29, 1.82) is 0 Å². The fourth-order valence-electron chi connectivity index (χ4n) is 3.78. The summed E-state index contributed by atoms with van der Waals surface area (Å²) in [6, 6.07) is 6.56. The van der Waals surface area contributed by atoms with Crippen molar-refractivity contribution >= 4 is 23.5 Å². The Kier molecular flexibility index (Phi) is 5.21. The van der Waals surface area contributed by atoms with Crippen LogP contribution < -0.4 is 4.90 Å². The zero-order chi connectivity index (χ0) is 18.0. The molecule has 0 aromatic heterocycles. The number of ether oxygens (including phenoxy) is 1. The summed E-state index contributed by atoms with van der Waals surface area (Å²) in [5, 5.41) is 0. The lowest BCUT2D eigenvalue weighted by atomic mass is 9.76. The molecule has 5 heteroatoms. The maximum Gasteiger partial charge on any atom is 0.338 e. The van der Waals surface area contributed by atoms with Crippen LogP contribution >= 0.6 is 0 Å². The first kappa shape index (κ1) is 17.6. The zero-order valence-electron chi connectivity index (χ0n) is 14.9. The Balaban J connectivity index is 1.73. The van der Waals surface area contributed by atoms with Gasteiger partial charge in [-0.15, -0.1) is 0 Å². The van der Waals surface area contributed by atoms with E-state index in [4.69, 9.17) is 4.74 Å². The molecule has 1 saturated heterocycles. The molecule has 2 amide bonds. The quantitative estimate of drug-likeness (QED) is 0.466. The first-order valence-corrected chi connectivity index (χ1v) is 9.18. The van der Waals surface area contributed by atoms with Gasteiger partial charge in [0.1, 0.15) is 0 Å². The van der Waals surface area contributed by atoms with E-state index >= 15 is 0 Å². The predicted molar refractivity (Wildman–Crippen MR) is 94.1 cm³/mol. The van der Waals surface area contributed by atoms with Crippen molar-refractivity contribution in [2.24, 2.45) is 17.8 Å². The standard InChI is InChI=1S/C20H25NO4/c1-3-4-11-25-20(24)14-6-8-15(9-7-14)21-18(22)16-10-5-13(2)12-17(16)19(21)23/h6-9,13,16-17H,3-5,10-12H2,1-2H3/t13-,16+,17+/m1/s1. The van der Waals surface area contributed by atoms with Crippen molar-refractivity contribution in [3.63, 3.8) is 0 Å². The van der Waals surface area contributed by atoms with E-state index < -0.39 is 0 Å². The summed E-state index contributed by atoms with van der Waals surface area (Å²) in [6.07, 6.45) is 4.37. The second kappa shape index (κ2) is 7.38. The molecular formula is C20H25NO4. The van der Waals surface area contributed by atoms with Gasteiger partial charge in [-0.3, -0.25) is 14.5 Å². The van der Waals surface area contributed by atoms with Crippen LogP contribution in [0.25, 0.3) is 0 Å². The monoisotopic (exact) mass is 343 g/mol. The summed E-state index contributed by atoms with van der Waals surface area (Å²) in [5.74, 6) is -0.447. The molecule has 1 aliphatic carbocycles. The Morgan fingerprint density at radius 1 is 1.12 bits per heavy atom. The molecule has 0 N–H and O–H groups in total. The summed E-state index contributed by atoms with van der Waals surface area (Å²) < 4.78 is 5.18. The maximum absolute atomic E-state index is 12.7. The van der Waals surface area contributed by atoms with Gasteiger partial charge in [-0.25, -0.2) is 4.79 Å². The average molecular weight is 343 g/mol. The highest BCUT2D eigenvalue weighted by Crippen LogP contribution is 2.42. The number of anilines is 1. The molecular weight excluding hydrogens is 318 g/mol. The van der Waals surface area contributed by atoms with Crippen molar-refractivity contribution in [2.75, 3.05) is 11.5 Å². The van der Waals surface area contributed by atoms with Crippen LogP contribution in [0.5, 0.6) is 0 Å². The van der Waals surface area contributed by atoms with E-state index in [0.29, 0.717) is 23.8 Å². The fraction of sp³-hybridized carbons (Fsp3) is 0.550. The lowest BCUT2D eigenvalue weighted by molar-refractivity contribution is -0.122. The number of fused-ring (bicyclic) bond motifs is 1. The molecule has 134 valence electrons. The third-order valence-corrected chi connectivity index (χ3v) is 5.28. The molecule has 1 aliphatic heterocycles. The Bertz CT molecular complexity index is 667. The molecule has 0 unspecified atom stereocenters. The Morgan fingerprint density at radius 3 is 2.48 bits per heavy atom. The van der Waals surface area contributed by atoms with Crippen LogP contribution in [0, 0.1) is 17.8 Å². The first-order chi connectivity index (χ1) is 12.0. The number of carbonyl (C=O) groups is 3. The van der Waals surface area contributed by atoms with Gasteiger partial charge in [-0.05, 0) is 55.9 Å². The van der Waals surface area contributed by atoms with E-state index in [0.717, 1.165) is 32.1 Å². The molecule has 0 radical (unpaired) electrons. The Morgan fingerprint density at radius 2 is 1.80 bits per heavy atom. The largest absolute Gasteiger partial charge is 0.462 e. The summed E-state index contributed by atoms with van der Waals surface area (Å²) in [6.45, 7) is 4.57. The first-order valence-electron chi connectivity index (χ1n) is 9.18. The third-order valence-electron chi connectivity index (χ3n) is 5.28. The number of unbranched alkanes of at least 4 members (excludes halogenated alkanes) is 1. The molecule has 5 nitrogen and oxygen atoms in total. The van der Waals surface area contributed by atoms with Gasteiger partial charge in [-0.1, -0.05) is 20.3 Å². The highest BCUT2D eigenvalue weighted by atomic mass is 16.5. The van der Waals surface area contributed by atoms with Crippen LogP contribution in [0.2, 0.25) is 0 Å². The number of esters is 1. The minimum Gasteiger partial charge on any atom is -0.462 e. The third kappa shape index (κ3) is 3.46. The molecule has 3 rings (SSSR count). The Hall–Kier alpha value is -2.17. The number of benzene rings is 1. The summed E-state index contributed by atoms with van der Waals surface area (Å²) in [7, 11) is 0. The minimum absolute atomic E-state index is 0.0971. The number of imide groups is 1. The van der Waals surface area contributed by atoms with Crippen LogP contribution in [0.4, 0.5) is 5.69 Å². The highest BCUT2D eigenvalue weighted by Gasteiger charge is 2.49. The van der Waals surface area contributed by atoms with E-state index in [2.05, 4.69) is 6.92 Å². The molecule has 1 saturated carbocycles. The molecule has 2 fully saturated rings. The van der Waals surface area contributed by atoms with Crippen LogP contribution in [0.15, 0.2) is 24.3 Å². The summed E-state index contributed by atoms with van der Waals surface area (Å²) in [4.78, 5) is 38.6. The topological polar surface area (TPSA) is 63.7 Å². The molecule has 1 heterocycles. The fourth-order valence-corrected chi connectivity index (χ4v) is 3.78. The molecule has 3 atom stereocenters. The van der Waals surface area contributed by atoms with Gasteiger partial charge in [0.2, 0.25) is 11.8 Å². The Labute approximate surface area is 148 Å². The second-order valence-electron chi connectivity index (χ2n) is 7.18. The van der Waals surface area contributed by atoms with Gasteiger partial charge in [0.15, 0.2) is 0 Å². The van der Waals surface area contributed by atoms with Crippen LogP contribution in [0.3, 0.4) is 0 Å². The molecule has 2 aliphatic rings. The normalized spacial score (nSPS) is 25.8. The number of amides is 2. The maximum atomic E-state index is 12.7. The SMILES string of the molecule is CCCCOC(=O)c1ccc(N2C(=O)[C@H]3CC[C@@H](C)C[C@@H]3C2=O)cc1. The lowest BCUT2D eigenvalue weighted by Gasteiger charge is -2.25. The van der Waals surface area contributed by atoms with E-state index in [1.807, 2.05) is 6.92 Å². The van der Waals surface area contributed by atoms with E-state index in [-0.39, 0.29) is 29.6 Å². The number of hydrogen-bond acceptors (Lipinski definition) is 4. The number of carbonyl (C=O) groups excluding carboxylic acids is 3. The van der Waals surface area contributed by atoms with Gasteiger partial charge >= 0.3 is 5.97 Å². The molecule has 0 bridgehead atoms. The van der Waals surface area contributed by atoms with Gasteiger partial charge in [0, 0.05) is 0 Å². The van der Waals surface area contributed by atoms with Crippen LogP contribution in [0.1, 0.15) is 56.3 Å². The van der Waals surface area contributed by atoms with Crippen molar-refractivity contribution in [3.05, 3.63) is 29.8 Å². The van der Waals surface area contributed by atoms with E-state index in [1.165, 1.54) is 4.90 Å². The van der Waals surface area contributed by atoms with E-state index in [1.54, 1.807) is 24.3 Å². The lowest BCUT2D eigenvalue weighted by Crippen LogP contribution is -2.30. The van der Waals surface area contributed by atoms with Crippen molar-refractivity contribution in [2.45, 2.75) is 46.0 Å². The second-order valence-corrected chi connectivity index (χ2v) is 7.18. The number of nitrogens with zero attached hydrogens (tertiary/aromatic N) is 1. The van der Waals surface area contributed by atoms with Crippen LogP contribution in [-0.4, -0.2) is 24.4 Å². The predicted octanol–water partition coefficient (Wildman–Crippen LogP) is 3.57. The average Bonchev–Trinajstić information content (AvgIpc) is 2.85. The van der Waals surface area contributed by atoms with E-state index in [9.17, 15) is 14.4 Å². The van der Waals surface area contributed by atoms with Gasteiger partial charge in [0.25, 0.3) is 0 Å². The molecule has 25 heavy (non-hydrogen) atoms. The number of rotatable bonds is 5. The van der Waals surface area contributed by atoms with Gasteiger partial charge in [0.05, 0.1) is 29.7 Å². The van der Waals surface area contributed by atoms with Crippen molar-refractivity contribution in [1.82, 2.24) is 0 Å². The van der Waals surface area contributed by atoms with Crippen molar-refractivity contribution in [3.8, 4) is 0 Å². The summed E-state index contributed by atoms with van der Waals surface area (Å²) >= 11 is 0. The van der Waals surface area contributed by atoms with Crippen LogP contribution in [-0.2, 0) is 14.3 Å².